The van der Waals surface area contributed by atoms with E-state index in [4.69, 9.17) is 4.74 Å². The molecule has 1 fully saturated rings. The van der Waals surface area contributed by atoms with Gasteiger partial charge in [0.2, 0.25) is 5.95 Å². The topological polar surface area (TPSA) is 55.3 Å². The SMILES string of the molecule is COC(=O)C(C)C1CCN(c2ncc(C(F)(F)F)cn2)C(C)C1. The van der Waals surface area contributed by atoms with Crippen LogP contribution in [0.4, 0.5) is 19.1 Å². The standard InChI is InChI=1S/C15H20F3N3O2/c1-9-6-11(10(2)13(22)23-3)4-5-21(9)14-19-7-12(8-20-14)15(16,17)18/h7-11H,4-6H2,1-3H3. The van der Waals surface area contributed by atoms with Gasteiger partial charge in [-0.05, 0) is 25.7 Å². The Kier molecular flexibility index (Phi) is 5.11. The molecule has 1 aliphatic rings. The van der Waals surface area contributed by atoms with Crippen LogP contribution in [-0.4, -0.2) is 35.6 Å². The van der Waals surface area contributed by atoms with Crippen molar-refractivity contribution in [3.8, 4) is 0 Å². The molecule has 3 atom stereocenters. The molecule has 0 spiro atoms. The first kappa shape index (κ1) is 17.5. The highest BCUT2D eigenvalue weighted by Crippen LogP contribution is 2.32. The molecule has 3 unspecified atom stereocenters. The Hall–Kier alpha value is -1.86. The lowest BCUT2D eigenvalue weighted by atomic mass is 9.82. The Balaban J connectivity index is 2.05. The molecule has 1 aliphatic heterocycles. The van der Waals surface area contributed by atoms with Gasteiger partial charge in [0.1, 0.15) is 0 Å². The first-order valence-corrected chi connectivity index (χ1v) is 7.47. The summed E-state index contributed by atoms with van der Waals surface area (Å²) in [5, 5.41) is 0. The van der Waals surface area contributed by atoms with Crippen LogP contribution in [0.2, 0.25) is 0 Å². The number of methoxy groups -OCH3 is 1. The van der Waals surface area contributed by atoms with Crippen LogP contribution < -0.4 is 4.90 Å². The average molecular weight is 331 g/mol. The number of aromatic nitrogens is 2. The van der Waals surface area contributed by atoms with Gasteiger partial charge < -0.3 is 9.64 Å². The second-order valence-electron chi connectivity index (χ2n) is 5.91. The summed E-state index contributed by atoms with van der Waals surface area (Å²) in [6.45, 7) is 4.39. The minimum absolute atomic E-state index is 0.0394. The molecule has 2 rings (SSSR count). The molecule has 0 N–H and O–H groups in total. The Morgan fingerprint density at radius 2 is 2.00 bits per heavy atom. The molecule has 0 radical (unpaired) electrons. The fraction of sp³-hybridized carbons (Fsp3) is 0.667. The Morgan fingerprint density at radius 1 is 1.39 bits per heavy atom. The predicted molar refractivity (Wildman–Crippen MR) is 77.7 cm³/mol. The van der Waals surface area contributed by atoms with Crippen LogP contribution >= 0.6 is 0 Å². The Morgan fingerprint density at radius 3 is 2.48 bits per heavy atom. The third-order valence-corrected chi connectivity index (χ3v) is 4.42. The minimum atomic E-state index is -4.44. The van der Waals surface area contributed by atoms with E-state index < -0.39 is 11.7 Å². The van der Waals surface area contributed by atoms with Crippen molar-refractivity contribution >= 4 is 11.9 Å². The quantitative estimate of drug-likeness (QED) is 0.797. The summed E-state index contributed by atoms with van der Waals surface area (Å²) in [7, 11) is 1.37. The van der Waals surface area contributed by atoms with E-state index in [1.807, 2.05) is 18.7 Å². The van der Waals surface area contributed by atoms with Crippen LogP contribution in [0.3, 0.4) is 0 Å². The van der Waals surface area contributed by atoms with Crippen molar-refractivity contribution in [3.63, 3.8) is 0 Å². The number of carbonyl (C=O) groups excluding carboxylic acids is 1. The van der Waals surface area contributed by atoms with Crippen LogP contribution in [0.5, 0.6) is 0 Å². The minimum Gasteiger partial charge on any atom is -0.469 e. The lowest BCUT2D eigenvalue weighted by Gasteiger charge is -2.39. The molecular formula is C15H20F3N3O2. The molecule has 1 saturated heterocycles. The van der Waals surface area contributed by atoms with Crippen LogP contribution in [0, 0.1) is 11.8 Å². The summed E-state index contributed by atoms with van der Waals surface area (Å²) in [6.07, 6.45) is -1.35. The molecule has 0 amide bonds. The monoisotopic (exact) mass is 331 g/mol. The van der Waals surface area contributed by atoms with Crippen molar-refractivity contribution in [2.24, 2.45) is 11.8 Å². The number of hydrogen-bond donors (Lipinski definition) is 0. The van der Waals surface area contributed by atoms with Gasteiger partial charge in [-0.1, -0.05) is 6.92 Å². The molecular weight excluding hydrogens is 311 g/mol. The molecule has 0 aromatic carbocycles. The number of hydrogen-bond acceptors (Lipinski definition) is 5. The summed E-state index contributed by atoms with van der Waals surface area (Å²) in [5.41, 5.74) is -0.858. The molecule has 1 aromatic heterocycles. The number of esters is 1. The van der Waals surface area contributed by atoms with E-state index in [9.17, 15) is 18.0 Å². The molecule has 128 valence electrons. The first-order chi connectivity index (χ1) is 10.7. The highest BCUT2D eigenvalue weighted by atomic mass is 19.4. The summed E-state index contributed by atoms with van der Waals surface area (Å²) >= 11 is 0. The summed E-state index contributed by atoms with van der Waals surface area (Å²) in [5.74, 6) is 0.0392. The number of carbonyl (C=O) groups is 1. The van der Waals surface area contributed by atoms with Gasteiger partial charge >= 0.3 is 12.1 Å². The fourth-order valence-electron chi connectivity index (χ4n) is 2.95. The van der Waals surface area contributed by atoms with Gasteiger partial charge in [0.25, 0.3) is 0 Å². The van der Waals surface area contributed by atoms with Crippen LogP contribution in [-0.2, 0) is 15.7 Å². The van der Waals surface area contributed by atoms with E-state index in [1.54, 1.807) is 0 Å². The number of anilines is 1. The van der Waals surface area contributed by atoms with Crippen molar-refractivity contribution in [3.05, 3.63) is 18.0 Å². The summed E-state index contributed by atoms with van der Waals surface area (Å²) < 4.78 is 42.4. The van der Waals surface area contributed by atoms with Gasteiger partial charge in [-0.2, -0.15) is 13.2 Å². The molecule has 0 bridgehead atoms. The smallest absolute Gasteiger partial charge is 0.419 e. The molecule has 23 heavy (non-hydrogen) atoms. The van der Waals surface area contributed by atoms with Gasteiger partial charge in [-0.3, -0.25) is 4.79 Å². The third-order valence-electron chi connectivity index (χ3n) is 4.42. The van der Waals surface area contributed by atoms with Gasteiger partial charge in [-0.15, -0.1) is 0 Å². The first-order valence-electron chi connectivity index (χ1n) is 7.47. The number of piperidine rings is 1. The second kappa shape index (κ2) is 6.72. The van der Waals surface area contributed by atoms with E-state index in [-0.39, 0.29) is 29.8 Å². The maximum Gasteiger partial charge on any atom is 0.419 e. The average Bonchev–Trinajstić information content (AvgIpc) is 2.52. The van der Waals surface area contributed by atoms with Crippen molar-refractivity contribution in [1.29, 1.82) is 0 Å². The van der Waals surface area contributed by atoms with Crippen molar-refractivity contribution in [2.45, 2.75) is 38.9 Å². The van der Waals surface area contributed by atoms with E-state index in [1.165, 1.54) is 7.11 Å². The van der Waals surface area contributed by atoms with E-state index >= 15 is 0 Å². The number of nitrogens with zero attached hydrogens (tertiary/aromatic N) is 3. The molecule has 5 nitrogen and oxygen atoms in total. The van der Waals surface area contributed by atoms with E-state index in [0.717, 1.165) is 25.2 Å². The third kappa shape index (κ3) is 3.92. The van der Waals surface area contributed by atoms with E-state index in [0.29, 0.717) is 6.54 Å². The number of ether oxygens (including phenoxy) is 1. The maximum absolute atomic E-state index is 12.6. The zero-order valence-corrected chi connectivity index (χ0v) is 13.3. The summed E-state index contributed by atoms with van der Waals surface area (Å²) in [6, 6.07) is 0.0394. The van der Waals surface area contributed by atoms with Crippen molar-refractivity contribution < 1.29 is 22.7 Å². The second-order valence-corrected chi connectivity index (χ2v) is 5.91. The van der Waals surface area contributed by atoms with Crippen molar-refractivity contribution in [2.75, 3.05) is 18.6 Å². The predicted octanol–water partition coefficient (Wildman–Crippen LogP) is 2.91. The lowest BCUT2D eigenvalue weighted by Crippen LogP contribution is -2.44. The lowest BCUT2D eigenvalue weighted by molar-refractivity contribution is -0.147. The Labute approximate surface area is 132 Å². The molecule has 1 aromatic rings. The zero-order valence-electron chi connectivity index (χ0n) is 13.3. The number of rotatable bonds is 3. The molecule has 8 heteroatoms. The highest BCUT2D eigenvalue weighted by Gasteiger charge is 2.35. The largest absolute Gasteiger partial charge is 0.469 e. The van der Waals surface area contributed by atoms with Crippen LogP contribution in [0.1, 0.15) is 32.3 Å². The van der Waals surface area contributed by atoms with Gasteiger partial charge in [0.05, 0.1) is 18.6 Å². The number of alkyl halides is 3. The van der Waals surface area contributed by atoms with Crippen LogP contribution in [0.15, 0.2) is 12.4 Å². The Bertz CT molecular complexity index is 548. The number of halogens is 3. The fourth-order valence-corrected chi connectivity index (χ4v) is 2.95. The zero-order chi connectivity index (χ0) is 17.2. The summed E-state index contributed by atoms with van der Waals surface area (Å²) in [4.78, 5) is 21.2. The van der Waals surface area contributed by atoms with E-state index in [2.05, 4.69) is 9.97 Å². The van der Waals surface area contributed by atoms with Crippen molar-refractivity contribution in [1.82, 2.24) is 9.97 Å². The highest BCUT2D eigenvalue weighted by molar-refractivity contribution is 5.72. The normalized spacial score (nSPS) is 23.5. The maximum atomic E-state index is 12.6. The molecule has 0 saturated carbocycles. The van der Waals surface area contributed by atoms with Gasteiger partial charge in [0, 0.05) is 25.0 Å². The van der Waals surface area contributed by atoms with Gasteiger partial charge in [0.15, 0.2) is 0 Å². The van der Waals surface area contributed by atoms with Crippen LogP contribution in [0.25, 0.3) is 0 Å². The molecule has 2 heterocycles. The van der Waals surface area contributed by atoms with Gasteiger partial charge in [-0.25, -0.2) is 9.97 Å². The molecule has 0 aliphatic carbocycles.